The molecule has 0 amide bonds. The molecular formula is C31H49NO2. The van der Waals surface area contributed by atoms with Gasteiger partial charge in [0, 0.05) is 31.3 Å². The van der Waals surface area contributed by atoms with Crippen molar-refractivity contribution >= 4 is 5.78 Å². The number of nitrogens with zero attached hydrogens (tertiary/aromatic N) is 1. The molecule has 10 atom stereocenters. The molecule has 5 fully saturated rings. The molecule has 0 radical (unpaired) electrons. The predicted octanol–water partition coefficient (Wildman–Crippen LogP) is 6.80. The standard InChI is InChI=1S/C31H49NO2/c1-6-13-32-18-19(2)14-28-29(32)21(4)31(34-28)12-10-24-25-8-7-22-15-23(33)9-11-30(22,5)27(25)16-26(24)20(3)17-31/h19,21-22,24-25,27-29H,6-18H2,1-5H3/t19-,21+,22+,24-,25-,27-,28+,29-,30-,31?/m0/s1. The van der Waals surface area contributed by atoms with E-state index in [2.05, 4.69) is 39.5 Å². The molecule has 0 N–H and O–H groups in total. The van der Waals surface area contributed by atoms with Gasteiger partial charge in [-0.2, -0.15) is 0 Å². The number of fused-ring (bicyclic) bond motifs is 6. The van der Waals surface area contributed by atoms with Crippen LogP contribution in [0, 0.1) is 40.9 Å². The summed E-state index contributed by atoms with van der Waals surface area (Å²) in [5.41, 5.74) is 3.97. The van der Waals surface area contributed by atoms with Crippen LogP contribution in [0.5, 0.6) is 0 Å². The fourth-order valence-corrected chi connectivity index (χ4v) is 10.5. The molecule has 2 saturated heterocycles. The summed E-state index contributed by atoms with van der Waals surface area (Å²) in [5.74, 6) is 5.00. The summed E-state index contributed by atoms with van der Waals surface area (Å²) in [5, 5.41) is 0. The molecule has 3 saturated carbocycles. The molecule has 2 heterocycles. The predicted molar refractivity (Wildman–Crippen MR) is 138 cm³/mol. The van der Waals surface area contributed by atoms with Crippen LogP contribution in [-0.2, 0) is 9.53 Å². The zero-order valence-electron chi connectivity index (χ0n) is 22.6. The van der Waals surface area contributed by atoms with Crippen molar-refractivity contribution in [2.24, 2.45) is 40.9 Å². The smallest absolute Gasteiger partial charge is 0.133 e. The second-order valence-electron chi connectivity index (χ2n) is 14.0. The average Bonchev–Trinajstić information content (AvgIpc) is 3.25. The molecule has 2 aliphatic heterocycles. The largest absolute Gasteiger partial charge is 0.369 e. The second kappa shape index (κ2) is 8.44. The highest BCUT2D eigenvalue weighted by molar-refractivity contribution is 5.79. The van der Waals surface area contributed by atoms with Gasteiger partial charge < -0.3 is 4.74 Å². The molecular weight excluding hydrogens is 418 g/mol. The second-order valence-corrected chi connectivity index (χ2v) is 14.0. The van der Waals surface area contributed by atoms with E-state index in [0.29, 0.717) is 35.2 Å². The molecule has 3 nitrogen and oxygen atoms in total. The van der Waals surface area contributed by atoms with Gasteiger partial charge in [0.05, 0.1) is 11.7 Å². The topological polar surface area (TPSA) is 29.5 Å². The van der Waals surface area contributed by atoms with Gasteiger partial charge in [-0.3, -0.25) is 9.69 Å². The highest BCUT2D eigenvalue weighted by Gasteiger charge is 2.60. The molecule has 34 heavy (non-hydrogen) atoms. The third-order valence-electron chi connectivity index (χ3n) is 12.2. The number of carbonyl (C=O) groups excluding carboxylic acids is 1. The normalized spacial score (nSPS) is 51.1. The van der Waals surface area contributed by atoms with Gasteiger partial charge in [-0.25, -0.2) is 0 Å². The minimum absolute atomic E-state index is 0.0562. The maximum atomic E-state index is 12.2. The van der Waals surface area contributed by atoms with Gasteiger partial charge in [-0.05, 0) is 106 Å². The summed E-state index contributed by atoms with van der Waals surface area (Å²) < 4.78 is 7.21. The summed E-state index contributed by atoms with van der Waals surface area (Å²) >= 11 is 0. The van der Waals surface area contributed by atoms with Gasteiger partial charge >= 0.3 is 0 Å². The summed E-state index contributed by atoms with van der Waals surface area (Å²) in [7, 11) is 0. The van der Waals surface area contributed by atoms with Gasteiger partial charge in [-0.1, -0.05) is 38.8 Å². The first-order valence-corrected chi connectivity index (χ1v) is 14.9. The Hall–Kier alpha value is -0.670. The number of carbonyl (C=O) groups is 1. The maximum absolute atomic E-state index is 12.2. The van der Waals surface area contributed by atoms with Crippen molar-refractivity contribution in [3.05, 3.63) is 11.1 Å². The molecule has 6 rings (SSSR count). The quantitative estimate of drug-likeness (QED) is 0.418. The molecule has 0 aromatic heterocycles. The van der Waals surface area contributed by atoms with Crippen LogP contribution in [0.1, 0.15) is 105 Å². The molecule has 1 spiro atoms. The van der Waals surface area contributed by atoms with Crippen LogP contribution >= 0.6 is 0 Å². The highest BCUT2D eigenvalue weighted by atomic mass is 16.5. The molecule has 1 unspecified atom stereocenters. The van der Waals surface area contributed by atoms with Crippen molar-refractivity contribution in [1.29, 1.82) is 0 Å². The number of hydrogen-bond donors (Lipinski definition) is 0. The highest BCUT2D eigenvalue weighted by Crippen LogP contribution is 2.65. The minimum atomic E-state index is 0.0562. The van der Waals surface area contributed by atoms with E-state index in [1.807, 2.05) is 5.57 Å². The number of piperidine rings is 1. The van der Waals surface area contributed by atoms with E-state index in [9.17, 15) is 4.79 Å². The van der Waals surface area contributed by atoms with E-state index in [4.69, 9.17) is 4.74 Å². The fourth-order valence-electron chi connectivity index (χ4n) is 10.5. The van der Waals surface area contributed by atoms with E-state index >= 15 is 0 Å². The van der Waals surface area contributed by atoms with Gasteiger partial charge in [0.2, 0.25) is 0 Å². The minimum Gasteiger partial charge on any atom is -0.369 e. The van der Waals surface area contributed by atoms with Crippen LogP contribution in [0.15, 0.2) is 11.1 Å². The van der Waals surface area contributed by atoms with Gasteiger partial charge in [-0.15, -0.1) is 0 Å². The van der Waals surface area contributed by atoms with Crippen molar-refractivity contribution in [2.75, 3.05) is 13.1 Å². The van der Waals surface area contributed by atoms with Crippen LogP contribution < -0.4 is 0 Å². The van der Waals surface area contributed by atoms with E-state index < -0.39 is 0 Å². The first kappa shape index (κ1) is 23.7. The van der Waals surface area contributed by atoms with Crippen LogP contribution in [0.3, 0.4) is 0 Å². The number of rotatable bonds is 2. The SMILES string of the molecule is CCCN1C[C@@H](C)C[C@H]2OC3(CC[C@@H]4C(=C(C)C3)C[C@H]3[C@H]4CC[C@@H]4CC(=O)CC[C@@]43C)[C@H](C)[C@@H]21. The van der Waals surface area contributed by atoms with Crippen LogP contribution in [0.25, 0.3) is 0 Å². The van der Waals surface area contributed by atoms with E-state index in [-0.39, 0.29) is 5.60 Å². The lowest BCUT2D eigenvalue weighted by atomic mass is 9.52. The lowest BCUT2D eigenvalue weighted by Crippen LogP contribution is -2.52. The van der Waals surface area contributed by atoms with Crippen molar-refractivity contribution < 1.29 is 9.53 Å². The number of Topliss-reactive ketones (excluding diaryl/α,β-unsaturated/α-hetero) is 1. The monoisotopic (exact) mass is 467 g/mol. The summed E-state index contributed by atoms with van der Waals surface area (Å²) in [6.45, 7) is 14.8. The van der Waals surface area contributed by atoms with Crippen molar-refractivity contribution in [1.82, 2.24) is 4.90 Å². The number of ketones is 1. The molecule has 6 aliphatic rings. The van der Waals surface area contributed by atoms with Gasteiger partial charge in [0.25, 0.3) is 0 Å². The Morgan fingerprint density at radius 1 is 1.12 bits per heavy atom. The maximum Gasteiger partial charge on any atom is 0.133 e. The van der Waals surface area contributed by atoms with E-state index in [0.717, 1.165) is 42.9 Å². The lowest BCUT2D eigenvalue weighted by molar-refractivity contribution is -0.129. The Kier molecular flexibility index (Phi) is 5.88. The molecule has 0 aromatic carbocycles. The third kappa shape index (κ3) is 3.46. The van der Waals surface area contributed by atoms with Crippen LogP contribution in [-0.4, -0.2) is 41.5 Å². The first-order valence-electron chi connectivity index (χ1n) is 14.9. The summed E-state index contributed by atoms with van der Waals surface area (Å²) in [4.78, 5) is 15.0. The molecule has 190 valence electrons. The molecule has 0 bridgehead atoms. The Labute approximate surface area is 208 Å². The van der Waals surface area contributed by atoms with Crippen LogP contribution in [0.2, 0.25) is 0 Å². The Bertz CT molecular complexity index is 863. The summed E-state index contributed by atoms with van der Waals surface area (Å²) in [6, 6.07) is 0.619. The number of hydrogen-bond acceptors (Lipinski definition) is 3. The van der Waals surface area contributed by atoms with Crippen molar-refractivity contribution in [2.45, 2.75) is 123 Å². The van der Waals surface area contributed by atoms with Gasteiger partial charge in [0.15, 0.2) is 0 Å². The third-order valence-corrected chi connectivity index (χ3v) is 12.2. The average molecular weight is 468 g/mol. The fraction of sp³-hybridized carbons (Fsp3) is 0.903. The molecule has 3 heteroatoms. The van der Waals surface area contributed by atoms with Gasteiger partial charge in [0.1, 0.15) is 5.78 Å². The Morgan fingerprint density at radius 2 is 1.94 bits per heavy atom. The van der Waals surface area contributed by atoms with E-state index in [1.165, 1.54) is 64.5 Å². The Balaban J connectivity index is 1.27. The molecule has 0 aromatic rings. The van der Waals surface area contributed by atoms with E-state index in [1.54, 1.807) is 5.57 Å². The zero-order chi connectivity index (χ0) is 23.8. The summed E-state index contributed by atoms with van der Waals surface area (Å²) in [6.07, 6.45) is 13.5. The number of ether oxygens (including phenoxy) is 1. The number of likely N-dealkylation sites (tertiary alicyclic amines) is 1. The lowest BCUT2D eigenvalue weighted by Gasteiger charge is -2.52. The Morgan fingerprint density at radius 3 is 2.74 bits per heavy atom. The zero-order valence-corrected chi connectivity index (χ0v) is 22.6. The number of allylic oxidation sites excluding steroid dienone is 1. The first-order chi connectivity index (χ1) is 16.3. The van der Waals surface area contributed by atoms with Crippen molar-refractivity contribution in [3.63, 3.8) is 0 Å². The van der Waals surface area contributed by atoms with Crippen LogP contribution in [0.4, 0.5) is 0 Å². The molecule has 4 aliphatic carbocycles. The van der Waals surface area contributed by atoms with Crippen molar-refractivity contribution in [3.8, 4) is 0 Å².